The van der Waals surface area contributed by atoms with Crippen LogP contribution in [0.25, 0.3) is 0 Å². The van der Waals surface area contributed by atoms with Gasteiger partial charge >= 0.3 is 5.97 Å². The van der Waals surface area contributed by atoms with Gasteiger partial charge in [-0.25, -0.2) is 9.78 Å². The van der Waals surface area contributed by atoms with Crippen LogP contribution in [0, 0.1) is 0 Å². The maximum Gasteiger partial charge on any atom is 0.367 e. The van der Waals surface area contributed by atoms with E-state index in [2.05, 4.69) is 4.98 Å². The molecular formula is C13H13NO3S2. The summed E-state index contributed by atoms with van der Waals surface area (Å²) in [5, 5.41) is 11.8. The zero-order valence-corrected chi connectivity index (χ0v) is 12.0. The molecule has 0 aliphatic heterocycles. The summed E-state index contributed by atoms with van der Waals surface area (Å²) in [7, 11) is 0. The molecule has 1 aromatic carbocycles. The topological polar surface area (TPSA) is 59.4 Å². The number of esters is 1. The van der Waals surface area contributed by atoms with Gasteiger partial charge in [0.1, 0.15) is 5.75 Å². The number of hydrogen-bond acceptors (Lipinski definition) is 6. The van der Waals surface area contributed by atoms with E-state index in [4.69, 9.17) is 4.74 Å². The number of thiazole rings is 1. The highest BCUT2D eigenvalue weighted by atomic mass is 32.2. The minimum atomic E-state index is -0.383. The molecule has 1 N–H and O–H groups in total. The maximum absolute atomic E-state index is 11.5. The third-order valence-electron chi connectivity index (χ3n) is 2.24. The van der Waals surface area contributed by atoms with Gasteiger partial charge in [0.15, 0.2) is 0 Å². The van der Waals surface area contributed by atoms with Gasteiger partial charge in [0, 0.05) is 16.0 Å². The Kier molecular flexibility index (Phi) is 4.81. The Morgan fingerprint density at radius 1 is 1.47 bits per heavy atom. The number of para-hydroxylation sites is 1. The summed E-state index contributed by atoms with van der Waals surface area (Å²) in [6.07, 6.45) is 0. The summed E-state index contributed by atoms with van der Waals surface area (Å²) in [6, 6.07) is 7.14. The molecule has 19 heavy (non-hydrogen) atoms. The molecule has 0 amide bonds. The summed E-state index contributed by atoms with van der Waals surface area (Å²) >= 11 is 2.76. The molecule has 0 spiro atoms. The lowest BCUT2D eigenvalue weighted by molar-refractivity contribution is 0.0525. The molecule has 0 radical (unpaired) electrons. The number of aromatic nitrogens is 1. The highest BCUT2D eigenvalue weighted by Gasteiger charge is 2.12. The van der Waals surface area contributed by atoms with Crippen LogP contribution in [0.2, 0.25) is 0 Å². The first-order valence-corrected chi connectivity index (χ1v) is 7.59. The Labute approximate surface area is 119 Å². The van der Waals surface area contributed by atoms with E-state index in [-0.39, 0.29) is 11.7 Å². The zero-order chi connectivity index (χ0) is 13.7. The SMILES string of the molecule is CCOC(=O)c1nc(CSc2ccccc2O)cs1. The number of carbonyl (C=O) groups is 1. The van der Waals surface area contributed by atoms with Crippen LogP contribution in [0.3, 0.4) is 0 Å². The van der Waals surface area contributed by atoms with Crippen molar-refractivity contribution in [3.63, 3.8) is 0 Å². The van der Waals surface area contributed by atoms with Crippen molar-refractivity contribution in [3.05, 3.63) is 40.3 Å². The standard InChI is InChI=1S/C13H13NO3S2/c1-2-17-13(16)12-14-9(8-19-12)7-18-11-6-4-3-5-10(11)15/h3-6,8,15H,2,7H2,1H3. The Hall–Kier alpha value is -1.53. The number of phenolic OH excluding ortho intramolecular Hbond substituents is 1. The largest absolute Gasteiger partial charge is 0.507 e. The number of ether oxygens (including phenoxy) is 1. The second-order valence-corrected chi connectivity index (χ2v) is 5.50. The fourth-order valence-corrected chi connectivity index (χ4v) is 3.05. The van der Waals surface area contributed by atoms with E-state index >= 15 is 0 Å². The van der Waals surface area contributed by atoms with E-state index < -0.39 is 0 Å². The average molecular weight is 295 g/mol. The van der Waals surface area contributed by atoms with Crippen molar-refractivity contribution in [3.8, 4) is 5.75 Å². The third kappa shape index (κ3) is 3.71. The number of phenols is 1. The van der Waals surface area contributed by atoms with Crippen molar-refractivity contribution >= 4 is 29.1 Å². The summed E-state index contributed by atoms with van der Waals surface area (Å²) in [4.78, 5) is 16.5. The minimum Gasteiger partial charge on any atom is -0.507 e. The quantitative estimate of drug-likeness (QED) is 0.677. The molecule has 6 heteroatoms. The van der Waals surface area contributed by atoms with Crippen LogP contribution in [-0.2, 0) is 10.5 Å². The fraction of sp³-hybridized carbons (Fsp3) is 0.231. The van der Waals surface area contributed by atoms with Crippen molar-refractivity contribution in [2.45, 2.75) is 17.6 Å². The minimum absolute atomic E-state index is 0.258. The first-order chi connectivity index (χ1) is 9.20. The van der Waals surface area contributed by atoms with Gasteiger partial charge in [-0.05, 0) is 19.1 Å². The van der Waals surface area contributed by atoms with Crippen molar-refractivity contribution in [2.24, 2.45) is 0 Å². The molecule has 0 aliphatic rings. The van der Waals surface area contributed by atoms with Gasteiger partial charge in [-0.15, -0.1) is 23.1 Å². The lowest BCUT2D eigenvalue weighted by Gasteiger charge is -2.01. The second-order valence-electron chi connectivity index (χ2n) is 3.62. The van der Waals surface area contributed by atoms with Crippen molar-refractivity contribution < 1.29 is 14.6 Å². The van der Waals surface area contributed by atoms with Crippen LogP contribution >= 0.6 is 23.1 Å². The highest BCUT2D eigenvalue weighted by molar-refractivity contribution is 7.98. The van der Waals surface area contributed by atoms with E-state index in [9.17, 15) is 9.90 Å². The monoisotopic (exact) mass is 295 g/mol. The van der Waals surface area contributed by atoms with E-state index in [0.717, 1.165) is 10.6 Å². The normalized spacial score (nSPS) is 10.4. The second kappa shape index (κ2) is 6.58. The molecule has 0 saturated carbocycles. The Bertz CT molecular complexity index is 569. The van der Waals surface area contributed by atoms with Crippen LogP contribution in [0.15, 0.2) is 34.5 Å². The van der Waals surface area contributed by atoms with Crippen LogP contribution < -0.4 is 0 Å². The predicted octanol–water partition coefficient (Wildman–Crippen LogP) is 3.32. The van der Waals surface area contributed by atoms with Gasteiger partial charge < -0.3 is 9.84 Å². The van der Waals surface area contributed by atoms with Gasteiger partial charge in [-0.1, -0.05) is 12.1 Å². The van der Waals surface area contributed by atoms with E-state index in [1.54, 1.807) is 19.1 Å². The smallest absolute Gasteiger partial charge is 0.367 e. The van der Waals surface area contributed by atoms with Crippen molar-refractivity contribution in [1.82, 2.24) is 4.98 Å². The molecule has 0 fully saturated rings. The molecular weight excluding hydrogens is 282 g/mol. The van der Waals surface area contributed by atoms with Crippen molar-refractivity contribution in [2.75, 3.05) is 6.61 Å². The molecule has 2 rings (SSSR count). The summed E-state index contributed by atoms with van der Waals surface area (Å²) in [5.74, 6) is 0.479. The summed E-state index contributed by atoms with van der Waals surface area (Å²) in [5.41, 5.74) is 0.807. The predicted molar refractivity (Wildman–Crippen MR) is 75.7 cm³/mol. The number of aromatic hydroxyl groups is 1. The number of benzene rings is 1. The summed E-state index contributed by atoms with van der Waals surface area (Å²) < 4.78 is 4.89. The first kappa shape index (κ1) is 13.9. The maximum atomic E-state index is 11.5. The molecule has 0 unspecified atom stereocenters. The van der Waals surface area contributed by atoms with Gasteiger partial charge in [-0.3, -0.25) is 0 Å². The molecule has 100 valence electrons. The number of rotatable bonds is 5. The van der Waals surface area contributed by atoms with Crippen molar-refractivity contribution in [1.29, 1.82) is 0 Å². The van der Waals surface area contributed by atoms with Gasteiger partial charge in [0.05, 0.1) is 12.3 Å². The Morgan fingerprint density at radius 2 is 2.26 bits per heavy atom. The molecule has 1 heterocycles. The van der Waals surface area contributed by atoms with Crippen LogP contribution in [0.4, 0.5) is 0 Å². The van der Waals surface area contributed by atoms with Crippen LogP contribution in [-0.4, -0.2) is 22.7 Å². The van der Waals surface area contributed by atoms with Gasteiger partial charge in [0.25, 0.3) is 0 Å². The van der Waals surface area contributed by atoms with E-state index in [1.165, 1.54) is 23.1 Å². The Morgan fingerprint density at radius 3 is 3.00 bits per heavy atom. The van der Waals surface area contributed by atoms with E-state index in [1.807, 2.05) is 17.5 Å². The van der Waals surface area contributed by atoms with Gasteiger partial charge in [-0.2, -0.15) is 0 Å². The lowest BCUT2D eigenvalue weighted by atomic mass is 10.3. The highest BCUT2D eigenvalue weighted by Crippen LogP contribution is 2.30. The summed E-state index contributed by atoms with van der Waals surface area (Å²) in [6.45, 7) is 2.11. The number of hydrogen-bond donors (Lipinski definition) is 1. The van der Waals surface area contributed by atoms with Gasteiger partial charge in [0.2, 0.25) is 5.01 Å². The average Bonchev–Trinajstić information content (AvgIpc) is 2.87. The Balaban J connectivity index is 1.97. The first-order valence-electron chi connectivity index (χ1n) is 5.73. The third-order valence-corrected chi connectivity index (χ3v) is 4.21. The number of nitrogens with zero attached hydrogens (tertiary/aromatic N) is 1. The molecule has 0 bridgehead atoms. The lowest BCUT2D eigenvalue weighted by Crippen LogP contribution is -2.03. The van der Waals surface area contributed by atoms with Crippen LogP contribution in [0.5, 0.6) is 5.75 Å². The van der Waals surface area contributed by atoms with Crippen LogP contribution in [0.1, 0.15) is 22.4 Å². The molecule has 0 atom stereocenters. The fourth-order valence-electron chi connectivity index (χ4n) is 1.39. The molecule has 0 aliphatic carbocycles. The number of carbonyl (C=O) groups excluding carboxylic acids is 1. The zero-order valence-electron chi connectivity index (χ0n) is 10.3. The van der Waals surface area contributed by atoms with E-state index in [0.29, 0.717) is 17.4 Å². The molecule has 0 saturated heterocycles. The molecule has 4 nitrogen and oxygen atoms in total. The molecule has 1 aromatic heterocycles. The number of thioether (sulfide) groups is 1. The molecule has 2 aromatic rings.